The number of ether oxygens (including phenoxy) is 1. The van der Waals surface area contributed by atoms with Crippen LogP contribution >= 0.6 is 0 Å². The van der Waals surface area contributed by atoms with Gasteiger partial charge in [0.25, 0.3) is 0 Å². The third kappa shape index (κ3) is 13.8. The summed E-state index contributed by atoms with van der Waals surface area (Å²) in [6, 6.07) is 0. The fourth-order valence-corrected chi connectivity index (χ4v) is 6.85. The minimum absolute atomic E-state index is 0.00692. The van der Waals surface area contributed by atoms with E-state index in [0.29, 0.717) is 5.57 Å². The number of Topliss-reactive ketones (excluding diaryl/α,β-unsaturated/α-hetero) is 3. The van der Waals surface area contributed by atoms with Crippen LogP contribution in [0.1, 0.15) is 94.9 Å². The summed E-state index contributed by atoms with van der Waals surface area (Å²) in [6.45, 7) is 19.3. The minimum atomic E-state index is -2.85. The Morgan fingerprint density at radius 2 is 1.27 bits per heavy atom. The zero-order valence-electron chi connectivity index (χ0n) is 34.3. The van der Waals surface area contributed by atoms with Crippen molar-refractivity contribution in [2.75, 3.05) is 0 Å². The molecule has 0 aromatic rings. The van der Waals surface area contributed by atoms with Crippen molar-refractivity contribution in [3.8, 4) is 0 Å². The number of carboxylic acids is 2. The van der Waals surface area contributed by atoms with Crippen LogP contribution in [0, 0.1) is 22.7 Å². The van der Waals surface area contributed by atoms with Crippen LogP contribution in [0.25, 0.3) is 0 Å². The largest absolute Gasteiger partial charge is 0.481 e. The SMILES string of the molecule is CC(C=CC1C(C)C(=O)C(=O)CC1(C)C)=C/C=C/C(C)=C/C=C/C=C(C)/C=C/C=C(\C)C=CC1=C(C)C(=O)C(OC(=O)CC(O)(CC(=O)O)C(=O)O)CC1(C)C. The fraction of sp³-hybridized carbons (Fsp3) is 0.435. The Morgan fingerprint density at radius 1 is 0.768 bits per heavy atom. The van der Waals surface area contributed by atoms with Gasteiger partial charge in [0.2, 0.25) is 5.78 Å². The van der Waals surface area contributed by atoms with Crippen molar-refractivity contribution < 1.29 is 48.8 Å². The third-order valence-corrected chi connectivity index (χ3v) is 10.1. The van der Waals surface area contributed by atoms with Gasteiger partial charge in [0.15, 0.2) is 23.3 Å². The summed E-state index contributed by atoms with van der Waals surface area (Å²) >= 11 is 0. The minimum Gasteiger partial charge on any atom is -0.481 e. The Hall–Kier alpha value is -5.22. The number of aliphatic hydroxyl groups is 1. The number of carboxylic acid groups (broad SMARTS) is 2. The van der Waals surface area contributed by atoms with Crippen molar-refractivity contribution in [2.45, 2.75) is 107 Å². The standard InChI is InChI=1S/C46H58O10/c1-29(17-13-19-31(3)21-23-35-33(5)41(51)37(47)25-44(35,7)8)15-11-12-16-30(2)18-14-20-32(4)22-24-36-34(6)42(52)38(26-45(36,9)10)56-40(50)28-46(55,43(53)54)27-39(48)49/h11-24,33,35,38,55H,25-28H2,1-10H3,(H,48,49)(H,53,54)/b12-11+,17-13+,18-14+,23-21?,24-22?,29-15+,30-16+,31-19?,32-20+. The lowest BCUT2D eigenvalue weighted by atomic mass is 9.63. The second kappa shape index (κ2) is 20.1. The molecule has 302 valence electrons. The van der Waals surface area contributed by atoms with Crippen LogP contribution in [0.15, 0.2) is 119 Å². The predicted octanol–water partition coefficient (Wildman–Crippen LogP) is 8.28. The van der Waals surface area contributed by atoms with Crippen molar-refractivity contribution in [1.29, 1.82) is 0 Å². The second-order valence-electron chi connectivity index (χ2n) is 16.3. The van der Waals surface area contributed by atoms with Gasteiger partial charge in [0.05, 0.1) is 12.8 Å². The first-order valence-electron chi connectivity index (χ1n) is 18.7. The van der Waals surface area contributed by atoms with Gasteiger partial charge in [-0.2, -0.15) is 0 Å². The van der Waals surface area contributed by atoms with Crippen LogP contribution in [0.5, 0.6) is 0 Å². The lowest BCUT2D eigenvalue weighted by molar-refractivity contribution is -0.174. The highest BCUT2D eigenvalue weighted by Gasteiger charge is 2.45. The molecule has 10 nitrogen and oxygen atoms in total. The number of allylic oxidation sites excluding steroid dienone is 19. The Balaban J connectivity index is 1.99. The van der Waals surface area contributed by atoms with Crippen molar-refractivity contribution in [1.82, 2.24) is 0 Å². The second-order valence-corrected chi connectivity index (χ2v) is 16.3. The number of rotatable bonds is 16. The third-order valence-electron chi connectivity index (χ3n) is 10.1. The topological polar surface area (TPSA) is 172 Å². The first kappa shape index (κ1) is 46.9. The van der Waals surface area contributed by atoms with E-state index < -0.39 is 53.7 Å². The van der Waals surface area contributed by atoms with E-state index in [1.807, 2.05) is 141 Å². The summed E-state index contributed by atoms with van der Waals surface area (Å²) in [4.78, 5) is 72.3. The van der Waals surface area contributed by atoms with E-state index in [2.05, 4.69) is 6.08 Å². The summed E-state index contributed by atoms with van der Waals surface area (Å²) < 4.78 is 5.27. The number of carbonyl (C=O) groups excluding carboxylic acids is 4. The monoisotopic (exact) mass is 770 g/mol. The van der Waals surface area contributed by atoms with E-state index in [1.54, 1.807) is 6.92 Å². The van der Waals surface area contributed by atoms with Crippen LogP contribution in [0.2, 0.25) is 0 Å². The molecule has 2 aliphatic rings. The number of carbonyl (C=O) groups is 6. The predicted molar refractivity (Wildman–Crippen MR) is 217 cm³/mol. The molecule has 10 heteroatoms. The average molecular weight is 771 g/mol. The van der Waals surface area contributed by atoms with Gasteiger partial charge in [-0.05, 0) is 62.5 Å². The van der Waals surface area contributed by atoms with Gasteiger partial charge in [-0.1, -0.05) is 142 Å². The van der Waals surface area contributed by atoms with Gasteiger partial charge in [0, 0.05) is 18.8 Å². The van der Waals surface area contributed by atoms with Crippen molar-refractivity contribution >= 4 is 35.3 Å². The van der Waals surface area contributed by atoms with Crippen LogP contribution in [0.4, 0.5) is 0 Å². The van der Waals surface area contributed by atoms with Crippen molar-refractivity contribution in [2.24, 2.45) is 22.7 Å². The molecule has 4 atom stereocenters. The molecular weight excluding hydrogens is 712 g/mol. The number of ketones is 3. The van der Waals surface area contributed by atoms with E-state index in [1.165, 1.54) is 0 Å². The van der Waals surface area contributed by atoms with Crippen molar-refractivity contribution in [3.05, 3.63) is 119 Å². The molecule has 2 rings (SSSR count). The quantitative estimate of drug-likeness (QED) is 0.0788. The Kier molecular flexibility index (Phi) is 16.8. The van der Waals surface area contributed by atoms with E-state index >= 15 is 0 Å². The highest BCUT2D eigenvalue weighted by atomic mass is 16.5. The zero-order valence-corrected chi connectivity index (χ0v) is 34.3. The maximum Gasteiger partial charge on any atom is 0.336 e. The van der Waals surface area contributed by atoms with Gasteiger partial charge in [0.1, 0.15) is 0 Å². The smallest absolute Gasteiger partial charge is 0.336 e. The Morgan fingerprint density at radius 3 is 1.79 bits per heavy atom. The maximum atomic E-state index is 13.1. The summed E-state index contributed by atoms with van der Waals surface area (Å²) in [6.07, 6.45) is 24.5. The molecule has 0 bridgehead atoms. The fourth-order valence-electron chi connectivity index (χ4n) is 6.85. The average Bonchev–Trinajstić information content (AvgIpc) is 3.06. The van der Waals surface area contributed by atoms with Crippen LogP contribution in [-0.2, 0) is 33.5 Å². The molecular formula is C46H58O10. The molecule has 0 saturated heterocycles. The number of esters is 1. The van der Waals surface area contributed by atoms with E-state index in [4.69, 9.17) is 9.84 Å². The molecule has 0 aromatic carbocycles. The molecule has 56 heavy (non-hydrogen) atoms. The van der Waals surface area contributed by atoms with Gasteiger partial charge in [-0.3, -0.25) is 24.0 Å². The van der Waals surface area contributed by atoms with Crippen molar-refractivity contribution in [3.63, 3.8) is 0 Å². The Labute approximate surface area is 331 Å². The molecule has 0 amide bonds. The van der Waals surface area contributed by atoms with Crippen LogP contribution in [0.3, 0.4) is 0 Å². The van der Waals surface area contributed by atoms with Gasteiger partial charge in [-0.25, -0.2) is 4.79 Å². The molecule has 0 aromatic heterocycles. The van der Waals surface area contributed by atoms with Crippen LogP contribution < -0.4 is 0 Å². The normalized spacial score (nSPS) is 24.0. The molecule has 0 heterocycles. The van der Waals surface area contributed by atoms with E-state index in [0.717, 1.165) is 27.9 Å². The summed E-state index contributed by atoms with van der Waals surface area (Å²) in [7, 11) is 0. The van der Waals surface area contributed by atoms with E-state index in [9.17, 15) is 39.0 Å². The highest BCUT2D eigenvalue weighted by molar-refractivity contribution is 6.38. The number of hydrogen-bond donors (Lipinski definition) is 3. The van der Waals surface area contributed by atoms with Crippen LogP contribution in [-0.4, -0.2) is 62.3 Å². The number of aliphatic carboxylic acids is 2. The molecule has 0 radical (unpaired) electrons. The summed E-state index contributed by atoms with van der Waals surface area (Å²) in [5.41, 5.74) is 1.51. The highest BCUT2D eigenvalue weighted by Crippen LogP contribution is 2.42. The zero-order chi connectivity index (χ0) is 42.6. The van der Waals surface area contributed by atoms with Gasteiger partial charge >= 0.3 is 17.9 Å². The summed E-state index contributed by atoms with van der Waals surface area (Å²) in [5.74, 6) is -5.96. The molecule has 4 unspecified atom stereocenters. The molecule has 3 N–H and O–H groups in total. The van der Waals surface area contributed by atoms with Gasteiger partial charge in [-0.15, -0.1) is 0 Å². The van der Waals surface area contributed by atoms with E-state index in [-0.39, 0.29) is 41.7 Å². The summed E-state index contributed by atoms with van der Waals surface area (Å²) in [5, 5.41) is 28.4. The van der Waals surface area contributed by atoms with Gasteiger partial charge < -0.3 is 20.1 Å². The first-order chi connectivity index (χ1) is 25.9. The molecule has 1 saturated carbocycles. The lowest BCUT2D eigenvalue weighted by Gasteiger charge is -2.39. The molecule has 2 aliphatic carbocycles. The lowest BCUT2D eigenvalue weighted by Crippen LogP contribution is -2.45. The molecule has 0 aliphatic heterocycles. The maximum absolute atomic E-state index is 13.1. The first-order valence-corrected chi connectivity index (χ1v) is 18.7. The molecule has 1 fully saturated rings. The number of hydrogen-bond acceptors (Lipinski definition) is 8. The Bertz CT molecular complexity index is 1880. The molecule has 0 spiro atoms.